The van der Waals surface area contributed by atoms with Gasteiger partial charge in [0.1, 0.15) is 5.78 Å². The molecule has 2 rings (SSSR count). The zero-order chi connectivity index (χ0) is 20.1. The van der Waals surface area contributed by atoms with E-state index in [2.05, 4.69) is 0 Å². The van der Waals surface area contributed by atoms with Crippen molar-refractivity contribution >= 4 is 17.3 Å². The Bertz CT molecular complexity index is 864. The van der Waals surface area contributed by atoms with Crippen LogP contribution in [0, 0.1) is 26.1 Å². The molecule has 0 aromatic heterocycles. The third kappa shape index (κ3) is 4.41. The maximum Gasteiger partial charge on any atom is 0.269 e. The third-order valence-corrected chi connectivity index (χ3v) is 4.48. The highest BCUT2D eigenvalue weighted by Gasteiger charge is 2.42. The number of hydrogen-bond donors (Lipinski definition) is 0. The van der Waals surface area contributed by atoms with Crippen LogP contribution < -0.4 is 0 Å². The van der Waals surface area contributed by atoms with Gasteiger partial charge in [-0.15, -0.1) is 0 Å². The number of rotatable bonds is 8. The van der Waals surface area contributed by atoms with Gasteiger partial charge < -0.3 is 0 Å². The van der Waals surface area contributed by atoms with Crippen LogP contribution in [0.5, 0.6) is 0 Å². The number of Topliss-reactive ketones (excluding diaryl/α,β-unsaturated/α-hetero) is 2. The number of nitro groups is 2. The highest BCUT2D eigenvalue weighted by atomic mass is 16.6. The van der Waals surface area contributed by atoms with Crippen molar-refractivity contribution in [3.05, 3.63) is 86.0 Å². The van der Waals surface area contributed by atoms with Crippen molar-refractivity contribution in [2.75, 3.05) is 0 Å². The molecule has 0 spiro atoms. The summed E-state index contributed by atoms with van der Waals surface area (Å²) in [6, 6.07) is 12.0. The molecular weight excluding hydrogens is 352 g/mol. The molecule has 0 radical (unpaired) electrons. The summed E-state index contributed by atoms with van der Waals surface area (Å²) < 4.78 is 0. The molecule has 0 N–H and O–H groups in total. The minimum absolute atomic E-state index is 0.181. The number of carbonyl (C=O) groups is 2. The van der Waals surface area contributed by atoms with Crippen LogP contribution in [0.2, 0.25) is 0 Å². The molecule has 0 bridgehead atoms. The van der Waals surface area contributed by atoms with Gasteiger partial charge in [0.2, 0.25) is 6.04 Å². The Balaban J connectivity index is 2.55. The molecule has 0 saturated carbocycles. The van der Waals surface area contributed by atoms with E-state index >= 15 is 0 Å². The lowest BCUT2D eigenvalue weighted by Crippen LogP contribution is -2.37. The quantitative estimate of drug-likeness (QED) is 0.304. The van der Waals surface area contributed by atoms with Crippen LogP contribution in [0.25, 0.3) is 0 Å². The van der Waals surface area contributed by atoms with Gasteiger partial charge >= 0.3 is 0 Å². The van der Waals surface area contributed by atoms with Crippen molar-refractivity contribution in [2.24, 2.45) is 5.92 Å². The Hall–Kier alpha value is -3.42. The van der Waals surface area contributed by atoms with E-state index in [0.717, 1.165) is 0 Å². The number of benzene rings is 2. The number of nitrogens with zero attached hydrogens (tertiary/aromatic N) is 2. The molecule has 140 valence electrons. The number of hydrogen-bond acceptors (Lipinski definition) is 6. The van der Waals surface area contributed by atoms with Crippen molar-refractivity contribution in [3.8, 4) is 0 Å². The van der Waals surface area contributed by atoms with E-state index in [0.29, 0.717) is 5.56 Å². The van der Waals surface area contributed by atoms with Crippen LogP contribution in [0.1, 0.15) is 35.7 Å². The van der Waals surface area contributed by atoms with E-state index in [1.807, 2.05) is 0 Å². The summed E-state index contributed by atoms with van der Waals surface area (Å²) in [5.41, 5.74) is 0.425. The van der Waals surface area contributed by atoms with Crippen molar-refractivity contribution in [1.29, 1.82) is 0 Å². The van der Waals surface area contributed by atoms with Crippen molar-refractivity contribution in [1.82, 2.24) is 0 Å². The largest absolute Gasteiger partial charge is 0.299 e. The average molecular weight is 370 g/mol. The fraction of sp³-hybridized carbons (Fsp3) is 0.263. The molecule has 0 aliphatic heterocycles. The van der Waals surface area contributed by atoms with Gasteiger partial charge in [0.15, 0.2) is 5.78 Å². The first-order valence-electron chi connectivity index (χ1n) is 8.21. The van der Waals surface area contributed by atoms with Crippen LogP contribution in [0.4, 0.5) is 5.69 Å². The van der Waals surface area contributed by atoms with E-state index in [1.54, 1.807) is 30.3 Å². The van der Waals surface area contributed by atoms with Crippen molar-refractivity contribution in [3.63, 3.8) is 0 Å². The van der Waals surface area contributed by atoms with Crippen molar-refractivity contribution in [2.45, 2.75) is 25.8 Å². The number of nitro benzene ring substituents is 1. The molecule has 0 aliphatic rings. The summed E-state index contributed by atoms with van der Waals surface area (Å²) in [5, 5.41) is 22.3. The second-order valence-corrected chi connectivity index (χ2v) is 6.22. The number of carbonyl (C=O) groups excluding carboxylic acids is 2. The van der Waals surface area contributed by atoms with Crippen LogP contribution in [-0.4, -0.2) is 27.5 Å². The average Bonchev–Trinajstić information content (AvgIpc) is 2.65. The zero-order valence-electron chi connectivity index (χ0n) is 14.8. The van der Waals surface area contributed by atoms with E-state index in [-0.39, 0.29) is 11.3 Å². The number of ketones is 2. The Kier molecular flexibility index (Phi) is 6.12. The van der Waals surface area contributed by atoms with Gasteiger partial charge in [-0.3, -0.25) is 29.8 Å². The first-order valence-corrected chi connectivity index (χ1v) is 8.21. The van der Waals surface area contributed by atoms with E-state index in [4.69, 9.17) is 0 Å². The van der Waals surface area contributed by atoms with Crippen LogP contribution >= 0.6 is 0 Å². The fourth-order valence-corrected chi connectivity index (χ4v) is 3.08. The molecule has 0 heterocycles. The molecule has 27 heavy (non-hydrogen) atoms. The molecule has 8 heteroatoms. The smallest absolute Gasteiger partial charge is 0.269 e. The van der Waals surface area contributed by atoms with Crippen LogP contribution in [-0.2, 0) is 4.79 Å². The minimum atomic E-state index is -1.27. The lowest BCUT2D eigenvalue weighted by Gasteiger charge is -2.25. The summed E-state index contributed by atoms with van der Waals surface area (Å²) in [5.74, 6) is -3.33. The first kappa shape index (κ1) is 19.9. The second-order valence-electron chi connectivity index (χ2n) is 6.22. The summed E-state index contributed by atoms with van der Waals surface area (Å²) in [7, 11) is 0. The molecule has 8 nitrogen and oxygen atoms in total. The molecule has 0 saturated heterocycles. The molecular formula is C19H18N2O6. The zero-order valence-corrected chi connectivity index (χ0v) is 14.8. The molecule has 3 atom stereocenters. The summed E-state index contributed by atoms with van der Waals surface area (Å²) >= 11 is 0. The molecule has 2 aromatic rings. The predicted octanol–water partition coefficient (Wildman–Crippen LogP) is 3.43. The summed E-state index contributed by atoms with van der Waals surface area (Å²) in [6.07, 6.45) is 0. The number of non-ortho nitro benzene ring substituents is 1. The summed E-state index contributed by atoms with van der Waals surface area (Å²) in [6.45, 7) is 2.54. The molecule has 0 fully saturated rings. The first-order chi connectivity index (χ1) is 12.7. The van der Waals surface area contributed by atoms with Gasteiger partial charge in [0.05, 0.1) is 16.8 Å². The van der Waals surface area contributed by atoms with Crippen LogP contribution in [0.15, 0.2) is 54.6 Å². The normalized spacial score (nSPS) is 14.0. The van der Waals surface area contributed by atoms with E-state index in [1.165, 1.54) is 38.1 Å². The Labute approximate surface area is 155 Å². The fourth-order valence-electron chi connectivity index (χ4n) is 3.08. The Morgan fingerprint density at radius 1 is 0.926 bits per heavy atom. The van der Waals surface area contributed by atoms with Gasteiger partial charge in [-0.1, -0.05) is 42.5 Å². The minimum Gasteiger partial charge on any atom is -0.299 e. The predicted molar refractivity (Wildman–Crippen MR) is 97.2 cm³/mol. The summed E-state index contributed by atoms with van der Waals surface area (Å²) in [4.78, 5) is 46.4. The monoisotopic (exact) mass is 370 g/mol. The maximum atomic E-state index is 13.0. The highest BCUT2D eigenvalue weighted by Crippen LogP contribution is 2.34. The SMILES string of the molecule is CC(=O)[C@@H](C(=O)c1ccccc1)[C@@H](c1ccc([N+](=O)[O-])cc1)[C@@H](C)[N+](=O)[O-]. The van der Waals surface area contributed by atoms with Gasteiger partial charge in [0, 0.05) is 29.5 Å². The molecule has 0 amide bonds. The lowest BCUT2D eigenvalue weighted by atomic mass is 9.75. The van der Waals surface area contributed by atoms with Crippen LogP contribution in [0.3, 0.4) is 0 Å². The maximum absolute atomic E-state index is 13.0. The van der Waals surface area contributed by atoms with E-state index in [9.17, 15) is 29.8 Å². The van der Waals surface area contributed by atoms with Gasteiger partial charge in [0.25, 0.3) is 5.69 Å². The molecule has 0 unspecified atom stereocenters. The second kappa shape index (κ2) is 8.31. The lowest BCUT2D eigenvalue weighted by molar-refractivity contribution is -0.523. The van der Waals surface area contributed by atoms with Gasteiger partial charge in [-0.2, -0.15) is 0 Å². The van der Waals surface area contributed by atoms with Gasteiger partial charge in [-0.05, 0) is 12.5 Å². The van der Waals surface area contributed by atoms with Crippen molar-refractivity contribution < 1.29 is 19.4 Å². The Morgan fingerprint density at radius 2 is 1.48 bits per heavy atom. The van der Waals surface area contributed by atoms with E-state index < -0.39 is 39.3 Å². The third-order valence-electron chi connectivity index (χ3n) is 4.48. The Morgan fingerprint density at radius 3 is 1.93 bits per heavy atom. The molecule has 0 aliphatic carbocycles. The highest BCUT2D eigenvalue weighted by molar-refractivity contribution is 6.10. The van der Waals surface area contributed by atoms with Gasteiger partial charge in [-0.25, -0.2) is 0 Å². The molecule has 2 aromatic carbocycles. The topological polar surface area (TPSA) is 120 Å². The standard InChI is InChI=1S/C19H18N2O6/c1-12(20(24)25)17(14-8-10-16(11-9-14)21(26)27)18(13(2)22)19(23)15-6-4-3-5-7-15/h3-12,17-18H,1-2H3/t12-,17-,18-/m1/s1.